The van der Waals surface area contributed by atoms with E-state index in [1.165, 1.54) is 37.4 Å². The largest absolute Gasteiger partial charge is 0.357 e. The Morgan fingerprint density at radius 2 is 2.00 bits per heavy atom. The summed E-state index contributed by atoms with van der Waals surface area (Å²) in [5.74, 6) is 1.68. The van der Waals surface area contributed by atoms with Crippen LogP contribution in [0.1, 0.15) is 49.2 Å². The molecule has 1 aliphatic rings. The third kappa shape index (κ3) is 7.78. The Hall–Kier alpha value is -0.410. The number of guanidine groups is 1. The van der Waals surface area contributed by atoms with Gasteiger partial charge in [-0.05, 0) is 39.5 Å². The number of nitrogens with zero attached hydrogens (tertiary/aromatic N) is 3. The number of piperidine rings is 1. The zero-order valence-corrected chi connectivity index (χ0v) is 19.4. The number of halogens is 1. The normalized spacial score (nSPS) is 16.8. The van der Waals surface area contributed by atoms with Crippen LogP contribution in [-0.4, -0.2) is 48.1 Å². The SMILES string of the molecule is CCNC(=NCc1sc(C)nc1C)NC1CCN(CC(C)C)CC1.I. The summed E-state index contributed by atoms with van der Waals surface area (Å²) in [4.78, 5) is 13.1. The number of aromatic nitrogens is 1. The quantitative estimate of drug-likeness (QED) is 0.372. The summed E-state index contributed by atoms with van der Waals surface area (Å²) in [5, 5.41) is 8.12. The molecule has 1 aromatic rings. The lowest BCUT2D eigenvalue weighted by molar-refractivity contribution is 0.187. The van der Waals surface area contributed by atoms with Crippen LogP contribution in [0.25, 0.3) is 0 Å². The molecule has 1 saturated heterocycles. The Bertz CT molecular complexity index is 536. The van der Waals surface area contributed by atoms with E-state index in [1.54, 1.807) is 11.3 Å². The van der Waals surface area contributed by atoms with Crippen molar-refractivity contribution in [3.63, 3.8) is 0 Å². The van der Waals surface area contributed by atoms with E-state index in [-0.39, 0.29) is 24.0 Å². The third-order valence-corrected chi connectivity index (χ3v) is 5.33. The molecule has 0 atom stereocenters. The highest BCUT2D eigenvalue weighted by atomic mass is 127. The minimum Gasteiger partial charge on any atom is -0.357 e. The van der Waals surface area contributed by atoms with Gasteiger partial charge in [-0.15, -0.1) is 35.3 Å². The smallest absolute Gasteiger partial charge is 0.191 e. The summed E-state index contributed by atoms with van der Waals surface area (Å²) < 4.78 is 0. The van der Waals surface area contributed by atoms with E-state index < -0.39 is 0 Å². The van der Waals surface area contributed by atoms with E-state index in [4.69, 9.17) is 4.99 Å². The van der Waals surface area contributed by atoms with Gasteiger partial charge in [-0.1, -0.05) is 13.8 Å². The average Bonchev–Trinajstić information content (AvgIpc) is 2.84. The van der Waals surface area contributed by atoms with E-state index in [0.717, 1.165) is 29.1 Å². The Morgan fingerprint density at radius 3 is 2.52 bits per heavy atom. The fourth-order valence-electron chi connectivity index (χ4n) is 3.16. The van der Waals surface area contributed by atoms with Crippen LogP contribution in [0, 0.1) is 19.8 Å². The van der Waals surface area contributed by atoms with Crippen molar-refractivity contribution in [2.45, 2.75) is 60.0 Å². The Kier molecular flexibility index (Phi) is 10.3. The summed E-state index contributed by atoms with van der Waals surface area (Å²) in [7, 11) is 0. The van der Waals surface area contributed by atoms with Crippen molar-refractivity contribution in [3.8, 4) is 0 Å². The van der Waals surface area contributed by atoms with Gasteiger partial charge in [0.1, 0.15) is 0 Å². The minimum absolute atomic E-state index is 0. The predicted octanol–water partition coefficient (Wildman–Crippen LogP) is 3.55. The molecule has 0 amide bonds. The van der Waals surface area contributed by atoms with Gasteiger partial charge in [0.05, 0.1) is 17.2 Å². The van der Waals surface area contributed by atoms with Crippen molar-refractivity contribution in [1.29, 1.82) is 0 Å². The van der Waals surface area contributed by atoms with Gasteiger partial charge < -0.3 is 15.5 Å². The van der Waals surface area contributed by atoms with Crippen LogP contribution in [0.2, 0.25) is 0 Å². The lowest BCUT2D eigenvalue weighted by atomic mass is 10.0. The first-order valence-corrected chi connectivity index (χ1v) is 9.99. The van der Waals surface area contributed by atoms with Gasteiger partial charge in [0.15, 0.2) is 5.96 Å². The number of aliphatic imine (C=N–C) groups is 1. The van der Waals surface area contributed by atoms with Gasteiger partial charge in [-0.3, -0.25) is 0 Å². The highest BCUT2D eigenvalue weighted by Crippen LogP contribution is 2.18. The van der Waals surface area contributed by atoms with Crippen LogP contribution in [0.3, 0.4) is 0 Å². The molecule has 0 aromatic carbocycles. The van der Waals surface area contributed by atoms with E-state index in [2.05, 4.69) is 55.1 Å². The first kappa shape index (κ1) is 22.6. The Morgan fingerprint density at radius 1 is 1.32 bits per heavy atom. The lowest BCUT2D eigenvalue weighted by Gasteiger charge is -2.34. The number of hydrogen-bond donors (Lipinski definition) is 2. The molecule has 7 heteroatoms. The first-order valence-electron chi connectivity index (χ1n) is 9.18. The summed E-state index contributed by atoms with van der Waals surface area (Å²) in [6, 6.07) is 0.524. The fraction of sp³-hybridized carbons (Fsp3) is 0.778. The average molecular weight is 479 g/mol. The maximum Gasteiger partial charge on any atom is 0.191 e. The minimum atomic E-state index is 0. The molecule has 0 radical (unpaired) electrons. The standard InChI is InChI=1S/C18H33N5S.HI/c1-6-19-18(20-11-17-14(4)21-15(5)24-17)22-16-7-9-23(10-8-16)12-13(2)3;/h13,16H,6-12H2,1-5H3,(H2,19,20,22);1H. The highest BCUT2D eigenvalue weighted by Gasteiger charge is 2.20. The van der Waals surface area contributed by atoms with E-state index in [1.807, 2.05) is 0 Å². The molecule has 1 aromatic heterocycles. The lowest BCUT2D eigenvalue weighted by Crippen LogP contribution is -2.49. The van der Waals surface area contributed by atoms with Crippen LogP contribution >= 0.6 is 35.3 Å². The fourth-order valence-corrected chi connectivity index (χ4v) is 4.02. The molecule has 0 unspecified atom stereocenters. The molecule has 1 fully saturated rings. The van der Waals surface area contributed by atoms with Crippen molar-refractivity contribution in [2.24, 2.45) is 10.9 Å². The molecular formula is C18H34IN5S. The molecule has 0 aliphatic carbocycles. The van der Waals surface area contributed by atoms with Gasteiger partial charge in [0, 0.05) is 37.1 Å². The van der Waals surface area contributed by atoms with Crippen LogP contribution in [0.15, 0.2) is 4.99 Å². The molecule has 25 heavy (non-hydrogen) atoms. The molecular weight excluding hydrogens is 445 g/mol. The maximum atomic E-state index is 4.77. The molecule has 0 saturated carbocycles. The zero-order chi connectivity index (χ0) is 17.5. The predicted molar refractivity (Wildman–Crippen MR) is 119 cm³/mol. The molecule has 2 N–H and O–H groups in total. The van der Waals surface area contributed by atoms with Crippen molar-refractivity contribution in [1.82, 2.24) is 20.5 Å². The van der Waals surface area contributed by atoms with E-state index in [0.29, 0.717) is 12.6 Å². The van der Waals surface area contributed by atoms with Gasteiger partial charge in [0.2, 0.25) is 0 Å². The number of aryl methyl sites for hydroxylation is 2. The van der Waals surface area contributed by atoms with Crippen molar-refractivity contribution in [3.05, 3.63) is 15.6 Å². The third-order valence-electron chi connectivity index (χ3n) is 4.28. The molecule has 2 heterocycles. The van der Waals surface area contributed by atoms with Crippen molar-refractivity contribution >= 4 is 41.3 Å². The summed E-state index contributed by atoms with van der Waals surface area (Å²) in [6.45, 7) is 16.0. The van der Waals surface area contributed by atoms with Crippen LogP contribution in [-0.2, 0) is 6.54 Å². The molecule has 5 nitrogen and oxygen atoms in total. The Balaban J connectivity index is 0.00000312. The number of nitrogens with one attached hydrogen (secondary N) is 2. The van der Waals surface area contributed by atoms with Crippen molar-refractivity contribution in [2.75, 3.05) is 26.2 Å². The number of rotatable bonds is 6. The molecule has 144 valence electrons. The van der Waals surface area contributed by atoms with Gasteiger partial charge in [-0.25, -0.2) is 9.98 Å². The monoisotopic (exact) mass is 479 g/mol. The van der Waals surface area contributed by atoms with Crippen LogP contribution < -0.4 is 10.6 Å². The van der Waals surface area contributed by atoms with Crippen LogP contribution in [0.5, 0.6) is 0 Å². The van der Waals surface area contributed by atoms with Gasteiger partial charge in [0.25, 0.3) is 0 Å². The number of likely N-dealkylation sites (tertiary alicyclic amines) is 1. The summed E-state index contributed by atoms with van der Waals surface area (Å²) >= 11 is 1.75. The number of thiazole rings is 1. The molecule has 1 aliphatic heterocycles. The molecule has 0 spiro atoms. The topological polar surface area (TPSA) is 52.6 Å². The second kappa shape index (κ2) is 11.3. The van der Waals surface area contributed by atoms with E-state index >= 15 is 0 Å². The second-order valence-electron chi connectivity index (χ2n) is 7.05. The molecule has 0 bridgehead atoms. The number of hydrogen-bond acceptors (Lipinski definition) is 4. The van der Waals surface area contributed by atoms with Crippen LogP contribution in [0.4, 0.5) is 0 Å². The Labute approximate surface area is 174 Å². The zero-order valence-electron chi connectivity index (χ0n) is 16.3. The van der Waals surface area contributed by atoms with Gasteiger partial charge >= 0.3 is 0 Å². The second-order valence-corrected chi connectivity index (χ2v) is 8.34. The summed E-state index contributed by atoms with van der Waals surface area (Å²) in [5.41, 5.74) is 1.11. The molecule has 2 rings (SSSR count). The summed E-state index contributed by atoms with van der Waals surface area (Å²) in [6.07, 6.45) is 2.38. The highest BCUT2D eigenvalue weighted by molar-refractivity contribution is 14.0. The van der Waals surface area contributed by atoms with Gasteiger partial charge in [-0.2, -0.15) is 0 Å². The van der Waals surface area contributed by atoms with E-state index in [9.17, 15) is 0 Å². The first-order chi connectivity index (χ1) is 11.5. The maximum absolute atomic E-state index is 4.77. The van der Waals surface area contributed by atoms with Crippen molar-refractivity contribution < 1.29 is 0 Å².